The fourth-order valence-electron chi connectivity index (χ4n) is 3.28. The van der Waals surface area contributed by atoms with Crippen LogP contribution in [0.2, 0.25) is 0 Å². The molecular weight excluding hydrogens is 469 g/mol. The number of rotatable bonds is 10. The summed E-state index contributed by atoms with van der Waals surface area (Å²) in [7, 11) is 3.46. The van der Waals surface area contributed by atoms with Gasteiger partial charge in [0.2, 0.25) is 0 Å². The molecule has 1 aromatic rings. The summed E-state index contributed by atoms with van der Waals surface area (Å²) < 4.78 is 16.3. The van der Waals surface area contributed by atoms with E-state index < -0.39 is 0 Å². The third-order valence-corrected chi connectivity index (χ3v) is 4.74. The van der Waals surface area contributed by atoms with Crippen molar-refractivity contribution in [3.05, 3.63) is 35.4 Å². The first-order chi connectivity index (χ1) is 13.3. The molecule has 1 aromatic carbocycles. The Labute approximate surface area is 187 Å². The second kappa shape index (κ2) is 15.0. The Hall–Kier alpha value is -0.900. The first-order valence-corrected chi connectivity index (χ1v) is 9.98. The highest BCUT2D eigenvalue weighted by molar-refractivity contribution is 14.0. The van der Waals surface area contributed by atoms with Gasteiger partial charge in [0, 0.05) is 47.1 Å². The molecule has 0 aromatic heterocycles. The van der Waals surface area contributed by atoms with Gasteiger partial charge in [0.25, 0.3) is 0 Å². The number of likely N-dealkylation sites (tertiary alicyclic amines) is 1. The van der Waals surface area contributed by atoms with E-state index in [2.05, 4.69) is 35.3 Å². The molecule has 0 saturated carbocycles. The second-order valence-electron chi connectivity index (χ2n) is 6.78. The van der Waals surface area contributed by atoms with E-state index in [4.69, 9.17) is 19.2 Å². The number of guanidine groups is 1. The highest BCUT2D eigenvalue weighted by Crippen LogP contribution is 2.16. The van der Waals surface area contributed by atoms with E-state index in [9.17, 15) is 0 Å². The minimum Gasteiger partial charge on any atom is -0.385 e. The van der Waals surface area contributed by atoms with Crippen LogP contribution in [0.3, 0.4) is 0 Å². The summed E-state index contributed by atoms with van der Waals surface area (Å²) in [5.41, 5.74) is 2.41. The van der Waals surface area contributed by atoms with Gasteiger partial charge in [-0.25, -0.2) is 4.99 Å². The number of halogens is 1. The summed E-state index contributed by atoms with van der Waals surface area (Å²) in [6.45, 7) is 7.75. The summed E-state index contributed by atoms with van der Waals surface area (Å²) in [6, 6.07) is 8.34. The van der Waals surface area contributed by atoms with E-state index in [0.717, 1.165) is 58.1 Å². The highest BCUT2D eigenvalue weighted by Gasteiger charge is 2.21. The van der Waals surface area contributed by atoms with E-state index in [0.29, 0.717) is 19.3 Å². The van der Waals surface area contributed by atoms with E-state index in [1.807, 2.05) is 6.07 Å². The monoisotopic (exact) mass is 505 g/mol. The molecule has 0 bridgehead atoms. The molecule has 1 N–H and O–H groups in total. The summed E-state index contributed by atoms with van der Waals surface area (Å²) in [5.74, 6) is 0.988. The second-order valence-corrected chi connectivity index (χ2v) is 6.78. The van der Waals surface area contributed by atoms with Gasteiger partial charge in [0.15, 0.2) is 5.96 Å². The molecular formula is C21H36IN3O3. The zero-order chi connectivity index (χ0) is 19.3. The maximum atomic E-state index is 5.96. The maximum Gasteiger partial charge on any atom is 0.194 e. The molecule has 0 radical (unpaired) electrons. The van der Waals surface area contributed by atoms with Crippen molar-refractivity contribution in [3.63, 3.8) is 0 Å². The smallest absolute Gasteiger partial charge is 0.194 e. The Morgan fingerprint density at radius 3 is 2.46 bits per heavy atom. The molecule has 1 aliphatic rings. The largest absolute Gasteiger partial charge is 0.385 e. The number of ether oxygens (including phenoxy) is 3. The van der Waals surface area contributed by atoms with Crippen molar-refractivity contribution in [2.45, 2.75) is 45.4 Å². The maximum absolute atomic E-state index is 5.96. The van der Waals surface area contributed by atoms with Crippen LogP contribution in [0.5, 0.6) is 0 Å². The van der Waals surface area contributed by atoms with Crippen molar-refractivity contribution in [2.24, 2.45) is 4.99 Å². The lowest BCUT2D eigenvalue weighted by molar-refractivity contribution is 0.00990. The highest BCUT2D eigenvalue weighted by atomic mass is 127. The predicted molar refractivity (Wildman–Crippen MR) is 124 cm³/mol. The van der Waals surface area contributed by atoms with Gasteiger partial charge in [-0.3, -0.25) is 0 Å². The fourth-order valence-corrected chi connectivity index (χ4v) is 3.28. The van der Waals surface area contributed by atoms with E-state index in [1.165, 1.54) is 11.1 Å². The number of nitrogens with zero attached hydrogens (tertiary/aromatic N) is 2. The molecule has 28 heavy (non-hydrogen) atoms. The van der Waals surface area contributed by atoms with Gasteiger partial charge in [-0.1, -0.05) is 24.3 Å². The van der Waals surface area contributed by atoms with Crippen LogP contribution >= 0.6 is 24.0 Å². The molecule has 0 aliphatic carbocycles. The zero-order valence-corrected chi connectivity index (χ0v) is 19.8. The molecule has 0 spiro atoms. The predicted octanol–water partition coefficient (Wildman–Crippen LogP) is 3.43. The summed E-state index contributed by atoms with van der Waals surface area (Å²) in [5, 5.41) is 3.44. The standard InChI is InChI=1S/C21H35N3O3.HI/c1-4-22-21(23-16-18-8-5-6-9-19(18)17-26-3)24-12-10-20(11-13-24)27-15-7-14-25-2;/h5-6,8-9,20H,4,7,10-17H2,1-3H3,(H,22,23);1H. The Bertz CT molecular complexity index is 564. The summed E-state index contributed by atoms with van der Waals surface area (Å²) in [6.07, 6.45) is 3.39. The van der Waals surface area contributed by atoms with E-state index in [-0.39, 0.29) is 24.0 Å². The number of piperidine rings is 1. The molecule has 0 unspecified atom stereocenters. The zero-order valence-electron chi connectivity index (χ0n) is 17.5. The first kappa shape index (κ1) is 25.1. The fraction of sp³-hybridized carbons (Fsp3) is 0.667. The van der Waals surface area contributed by atoms with Gasteiger partial charge in [0.1, 0.15) is 0 Å². The molecule has 1 fully saturated rings. The molecule has 1 aliphatic heterocycles. The van der Waals surface area contributed by atoms with Crippen molar-refractivity contribution >= 4 is 29.9 Å². The van der Waals surface area contributed by atoms with Crippen molar-refractivity contribution in [1.82, 2.24) is 10.2 Å². The summed E-state index contributed by atoms with van der Waals surface area (Å²) >= 11 is 0. The van der Waals surface area contributed by atoms with Gasteiger partial charge in [-0.15, -0.1) is 24.0 Å². The quantitative estimate of drug-likeness (QED) is 0.229. The number of nitrogens with one attached hydrogen (secondary N) is 1. The average molecular weight is 505 g/mol. The van der Waals surface area contributed by atoms with Gasteiger partial charge in [0.05, 0.1) is 19.3 Å². The van der Waals surface area contributed by atoms with E-state index in [1.54, 1.807) is 14.2 Å². The molecule has 6 nitrogen and oxygen atoms in total. The molecule has 160 valence electrons. The van der Waals surface area contributed by atoms with Crippen LogP contribution in [0.1, 0.15) is 37.3 Å². The first-order valence-electron chi connectivity index (χ1n) is 9.98. The number of benzene rings is 1. The Balaban J connectivity index is 0.00000392. The third-order valence-electron chi connectivity index (χ3n) is 4.74. The lowest BCUT2D eigenvalue weighted by atomic mass is 10.1. The van der Waals surface area contributed by atoms with Crippen LogP contribution in [0.25, 0.3) is 0 Å². The van der Waals surface area contributed by atoms with Crippen molar-refractivity contribution in [1.29, 1.82) is 0 Å². The minimum absolute atomic E-state index is 0. The van der Waals surface area contributed by atoms with Gasteiger partial charge in [-0.05, 0) is 37.3 Å². The SMILES string of the molecule is CCNC(=NCc1ccccc1COC)N1CCC(OCCCOC)CC1.I. The molecule has 1 saturated heterocycles. The molecule has 0 amide bonds. The topological polar surface area (TPSA) is 55.3 Å². The van der Waals surface area contributed by atoms with Crippen molar-refractivity contribution < 1.29 is 14.2 Å². The van der Waals surface area contributed by atoms with Gasteiger partial charge < -0.3 is 24.4 Å². The van der Waals surface area contributed by atoms with Crippen LogP contribution in [0, 0.1) is 0 Å². The molecule has 2 rings (SSSR count). The van der Waals surface area contributed by atoms with Crippen LogP contribution in [-0.4, -0.2) is 64.0 Å². The molecule has 0 atom stereocenters. The van der Waals surface area contributed by atoms with Crippen molar-refractivity contribution in [3.8, 4) is 0 Å². The summed E-state index contributed by atoms with van der Waals surface area (Å²) in [4.78, 5) is 7.23. The minimum atomic E-state index is 0. The Kier molecular flexibility index (Phi) is 13.5. The van der Waals surface area contributed by atoms with Crippen LogP contribution in [0.4, 0.5) is 0 Å². The van der Waals surface area contributed by atoms with Crippen LogP contribution < -0.4 is 5.32 Å². The number of methoxy groups -OCH3 is 2. The van der Waals surface area contributed by atoms with Gasteiger partial charge in [-0.2, -0.15) is 0 Å². The van der Waals surface area contributed by atoms with Crippen LogP contribution in [0.15, 0.2) is 29.3 Å². The van der Waals surface area contributed by atoms with Crippen LogP contribution in [-0.2, 0) is 27.4 Å². The number of hydrogen-bond donors (Lipinski definition) is 1. The lowest BCUT2D eigenvalue weighted by Gasteiger charge is -2.34. The molecule has 1 heterocycles. The number of aliphatic imine (C=N–C) groups is 1. The van der Waals surface area contributed by atoms with Crippen molar-refractivity contribution in [2.75, 3.05) is 47.1 Å². The Morgan fingerprint density at radius 1 is 1.11 bits per heavy atom. The van der Waals surface area contributed by atoms with Gasteiger partial charge >= 0.3 is 0 Å². The normalized spacial score (nSPS) is 15.4. The van der Waals surface area contributed by atoms with E-state index >= 15 is 0 Å². The third kappa shape index (κ3) is 8.63. The Morgan fingerprint density at radius 2 is 1.82 bits per heavy atom. The average Bonchev–Trinajstić information content (AvgIpc) is 2.70. The number of hydrogen-bond acceptors (Lipinski definition) is 4. The molecule has 7 heteroatoms. The lowest BCUT2D eigenvalue weighted by Crippen LogP contribution is -2.47.